The molecule has 0 unspecified atom stereocenters. The Morgan fingerprint density at radius 3 is 1.46 bits per heavy atom. The summed E-state index contributed by atoms with van der Waals surface area (Å²) in [4.78, 5) is 0. The normalized spacial score (nSPS) is 50.5. The summed E-state index contributed by atoms with van der Waals surface area (Å²) in [6.07, 6.45) is 17.4. The van der Waals surface area contributed by atoms with Gasteiger partial charge < -0.3 is 5.11 Å². The number of rotatable bonds is 2. The van der Waals surface area contributed by atoms with E-state index in [-0.39, 0.29) is 0 Å². The van der Waals surface area contributed by atoms with Crippen molar-refractivity contribution in [1.82, 2.24) is 0 Å². The molecule has 0 aromatic heterocycles. The highest BCUT2D eigenvalue weighted by molar-refractivity contribution is 5.52. The fraction of sp³-hybridized carbons (Fsp3) is 0.778. The molecule has 0 saturated heterocycles. The Hall–Kier alpha value is -0.980. The largest absolute Gasteiger partial charge is 0.508 e. The van der Waals surface area contributed by atoms with Crippen LogP contribution < -0.4 is 0 Å². The van der Waals surface area contributed by atoms with Gasteiger partial charge in [-0.3, -0.25) is 0 Å². The van der Waals surface area contributed by atoms with E-state index in [9.17, 15) is 5.11 Å². The summed E-state index contributed by atoms with van der Waals surface area (Å²) in [5.74, 6) is 6.41. The smallest absolute Gasteiger partial charge is 0.119 e. The first-order valence-electron chi connectivity index (χ1n) is 12.4. The first-order valence-corrected chi connectivity index (χ1v) is 12.4. The number of aromatic hydroxyl groups is 1. The predicted molar refractivity (Wildman–Crippen MR) is 113 cm³/mol. The van der Waals surface area contributed by atoms with E-state index in [1.54, 1.807) is 5.56 Å². The van der Waals surface area contributed by atoms with Gasteiger partial charge in [-0.05, 0) is 142 Å². The second-order valence-electron chi connectivity index (χ2n) is 12.5. The van der Waals surface area contributed by atoms with Crippen LogP contribution >= 0.6 is 0 Å². The van der Waals surface area contributed by atoms with Gasteiger partial charge in [0.25, 0.3) is 0 Å². The molecule has 8 saturated carbocycles. The molecule has 9 rings (SSSR count). The Bertz CT molecular complexity index is 762. The summed E-state index contributed by atoms with van der Waals surface area (Å²) in [6, 6.07) is 4.48. The third kappa shape index (κ3) is 2.15. The highest BCUT2D eigenvalue weighted by atomic mass is 16.3. The first-order chi connectivity index (χ1) is 13.5. The Balaban J connectivity index is 1.36. The molecule has 8 fully saturated rings. The van der Waals surface area contributed by atoms with Crippen molar-refractivity contribution in [2.75, 3.05) is 0 Å². The molecule has 0 amide bonds. The lowest BCUT2D eigenvalue weighted by molar-refractivity contribution is -0.00954. The van der Waals surface area contributed by atoms with Gasteiger partial charge >= 0.3 is 0 Å². The number of benzene rings is 1. The van der Waals surface area contributed by atoms with Gasteiger partial charge in [-0.2, -0.15) is 0 Å². The third-order valence-corrected chi connectivity index (χ3v) is 10.6. The van der Waals surface area contributed by atoms with Gasteiger partial charge in [0.2, 0.25) is 0 Å². The van der Waals surface area contributed by atoms with Gasteiger partial charge in [0.1, 0.15) is 5.75 Å². The SMILES string of the molecule is Cc1c(C23CC4CC(CC(C4)C2)C3)ccc(O)c1C12CC3CC(CC(C3)C1)C2. The lowest BCUT2D eigenvalue weighted by Crippen LogP contribution is -2.50. The molecule has 1 nitrogen and oxygen atoms in total. The van der Waals surface area contributed by atoms with E-state index < -0.39 is 0 Å². The van der Waals surface area contributed by atoms with E-state index in [1.165, 1.54) is 88.2 Å². The summed E-state index contributed by atoms with van der Waals surface area (Å²) < 4.78 is 0. The molecule has 1 heteroatoms. The van der Waals surface area contributed by atoms with Gasteiger partial charge in [-0.25, -0.2) is 0 Å². The van der Waals surface area contributed by atoms with E-state index >= 15 is 0 Å². The molecule has 1 aromatic carbocycles. The minimum atomic E-state index is 0.307. The number of hydrogen-bond donors (Lipinski definition) is 1. The van der Waals surface area contributed by atoms with Crippen LogP contribution in [0.2, 0.25) is 0 Å². The van der Waals surface area contributed by atoms with E-state index in [1.807, 2.05) is 0 Å². The Morgan fingerprint density at radius 2 is 1.04 bits per heavy atom. The molecule has 150 valence electrons. The fourth-order valence-electron chi connectivity index (χ4n) is 10.8. The van der Waals surface area contributed by atoms with E-state index in [0.29, 0.717) is 16.6 Å². The van der Waals surface area contributed by atoms with Crippen LogP contribution in [0, 0.1) is 42.4 Å². The van der Waals surface area contributed by atoms with Crippen LogP contribution in [0.1, 0.15) is 93.7 Å². The van der Waals surface area contributed by atoms with Gasteiger partial charge in [-0.15, -0.1) is 0 Å². The van der Waals surface area contributed by atoms with Crippen molar-refractivity contribution < 1.29 is 5.11 Å². The summed E-state index contributed by atoms with van der Waals surface area (Å²) >= 11 is 0. The molecule has 0 heterocycles. The summed E-state index contributed by atoms with van der Waals surface area (Å²) in [7, 11) is 0. The molecule has 1 aromatic rings. The zero-order valence-corrected chi connectivity index (χ0v) is 17.6. The molecule has 0 radical (unpaired) electrons. The minimum Gasteiger partial charge on any atom is -0.508 e. The Kier molecular flexibility index (Phi) is 3.22. The van der Waals surface area contributed by atoms with Gasteiger partial charge in [0.05, 0.1) is 0 Å². The number of phenols is 1. The molecular weight excluding hydrogens is 340 g/mol. The van der Waals surface area contributed by atoms with Crippen molar-refractivity contribution in [2.45, 2.75) is 94.8 Å². The lowest BCUT2D eigenvalue weighted by atomic mass is 9.46. The van der Waals surface area contributed by atoms with Crippen LogP contribution in [0.4, 0.5) is 0 Å². The van der Waals surface area contributed by atoms with Crippen LogP contribution in [-0.4, -0.2) is 5.11 Å². The van der Waals surface area contributed by atoms with Gasteiger partial charge in [0, 0.05) is 11.0 Å². The van der Waals surface area contributed by atoms with Crippen LogP contribution in [-0.2, 0) is 10.8 Å². The molecule has 8 aliphatic carbocycles. The topological polar surface area (TPSA) is 20.2 Å². The number of hydrogen-bond acceptors (Lipinski definition) is 1. The average Bonchev–Trinajstić information content (AvgIpc) is 2.58. The molecule has 0 spiro atoms. The molecular formula is C27H36O. The van der Waals surface area contributed by atoms with E-state index in [0.717, 1.165) is 35.5 Å². The average molecular weight is 377 g/mol. The summed E-state index contributed by atoms with van der Waals surface area (Å²) in [5, 5.41) is 11.2. The standard InChI is InChI=1S/C27H36O/c1-16-23(26-10-17-4-18(11-26)6-19(5-17)12-26)2-3-24(28)25(16)27-13-20-7-21(14-27)9-22(8-20)15-27/h2-3,17-22,28H,4-15H2,1H3. The molecule has 0 atom stereocenters. The van der Waals surface area contributed by atoms with Gasteiger partial charge in [-0.1, -0.05) is 6.07 Å². The molecule has 0 aliphatic heterocycles. The van der Waals surface area contributed by atoms with Crippen molar-refractivity contribution in [1.29, 1.82) is 0 Å². The second-order valence-corrected chi connectivity index (χ2v) is 12.5. The zero-order valence-electron chi connectivity index (χ0n) is 17.6. The third-order valence-electron chi connectivity index (χ3n) is 10.6. The maximum atomic E-state index is 11.2. The highest BCUT2D eigenvalue weighted by Crippen LogP contribution is 2.65. The molecule has 1 N–H and O–H groups in total. The van der Waals surface area contributed by atoms with E-state index in [4.69, 9.17) is 0 Å². The minimum absolute atomic E-state index is 0.307. The number of phenolic OH excluding ortho intramolecular Hbond substituents is 1. The molecule has 28 heavy (non-hydrogen) atoms. The zero-order chi connectivity index (χ0) is 18.7. The van der Waals surface area contributed by atoms with E-state index in [2.05, 4.69) is 19.1 Å². The monoisotopic (exact) mass is 376 g/mol. The summed E-state index contributed by atoms with van der Waals surface area (Å²) in [5.41, 5.74) is 5.35. The maximum Gasteiger partial charge on any atom is 0.119 e. The predicted octanol–water partition coefficient (Wildman–Crippen LogP) is 6.64. The van der Waals surface area contributed by atoms with Crippen molar-refractivity contribution in [3.63, 3.8) is 0 Å². The van der Waals surface area contributed by atoms with Crippen LogP contribution in [0.5, 0.6) is 5.75 Å². The highest BCUT2D eigenvalue weighted by Gasteiger charge is 2.55. The molecule has 8 bridgehead atoms. The van der Waals surface area contributed by atoms with Crippen molar-refractivity contribution in [3.05, 3.63) is 28.8 Å². The van der Waals surface area contributed by atoms with Crippen LogP contribution in [0.15, 0.2) is 12.1 Å². The van der Waals surface area contributed by atoms with Gasteiger partial charge in [0.15, 0.2) is 0 Å². The van der Waals surface area contributed by atoms with Crippen LogP contribution in [0.25, 0.3) is 0 Å². The molecule has 8 aliphatic rings. The first kappa shape index (κ1) is 16.8. The quantitative estimate of drug-likeness (QED) is 0.613. The fourth-order valence-corrected chi connectivity index (χ4v) is 10.8. The van der Waals surface area contributed by atoms with Crippen molar-refractivity contribution in [3.8, 4) is 5.75 Å². The van der Waals surface area contributed by atoms with Crippen molar-refractivity contribution >= 4 is 0 Å². The lowest BCUT2D eigenvalue weighted by Gasteiger charge is -2.59. The van der Waals surface area contributed by atoms with Crippen molar-refractivity contribution in [2.24, 2.45) is 35.5 Å². The summed E-state index contributed by atoms with van der Waals surface area (Å²) in [6.45, 7) is 2.40. The maximum absolute atomic E-state index is 11.2. The Labute approximate surface area is 170 Å². The van der Waals surface area contributed by atoms with Crippen LogP contribution in [0.3, 0.4) is 0 Å². The Morgan fingerprint density at radius 1 is 0.643 bits per heavy atom. The second kappa shape index (κ2) is 5.38.